The Hall–Kier alpha value is 0.759. The summed E-state index contributed by atoms with van der Waals surface area (Å²) >= 11 is 1.55. The molecule has 1 fully saturated rings. The summed E-state index contributed by atoms with van der Waals surface area (Å²) in [6, 6.07) is 0. The van der Waals surface area contributed by atoms with Crippen LogP contribution in [0.2, 0.25) is 4.94 Å². The Morgan fingerprint density at radius 3 is 1.62 bits per heavy atom. The molecule has 1 heterocycles. The molecule has 1 aliphatic rings. The molecule has 0 atom stereocenters. The quantitative estimate of drug-likeness (QED) is 0.560. The molecule has 47 valence electrons. The molecule has 8 heavy (non-hydrogen) atoms. The molecule has 0 aromatic rings. The Balaban J connectivity index is 0.000000222. The molecule has 0 aromatic heterocycles. The molecular weight excluding hydrogens is 207 g/mol. The van der Waals surface area contributed by atoms with E-state index in [2.05, 4.69) is 4.94 Å². The average molecular weight is 220 g/mol. The summed E-state index contributed by atoms with van der Waals surface area (Å²) in [5.74, 6) is 0. The van der Waals surface area contributed by atoms with Gasteiger partial charge >= 0.3 is 27.5 Å². The first-order chi connectivity index (χ1) is 4.00. The van der Waals surface area contributed by atoms with Crippen molar-refractivity contribution in [1.29, 1.82) is 0 Å². The average Bonchev–Trinajstić information content (AvgIpc) is 1.96. The summed E-state index contributed by atoms with van der Waals surface area (Å²) in [5, 5.41) is 0. The van der Waals surface area contributed by atoms with E-state index < -0.39 is 0 Å². The molecule has 0 amide bonds. The van der Waals surface area contributed by atoms with Gasteiger partial charge in [-0.3, -0.25) is 0 Å². The van der Waals surface area contributed by atoms with Crippen molar-refractivity contribution in [1.82, 2.24) is 0 Å². The maximum atomic E-state index is 5.07. The molecule has 0 spiro atoms. The van der Waals surface area contributed by atoms with Crippen LogP contribution < -0.4 is 0 Å². The third-order valence-corrected chi connectivity index (χ3v) is 1.08. The first-order valence-corrected chi connectivity index (χ1v) is 5.93. The molecule has 1 nitrogen and oxygen atoms in total. The van der Waals surface area contributed by atoms with Crippen molar-refractivity contribution in [2.24, 2.45) is 0 Å². The predicted octanol–water partition coefficient (Wildman–Crippen LogP) is 1.39. The minimum atomic E-state index is 1.00. The molecule has 1 rings (SSSR count). The van der Waals surface area contributed by atoms with Crippen LogP contribution in [0.5, 0.6) is 0 Å². The van der Waals surface area contributed by atoms with Gasteiger partial charge in [0.05, 0.1) is 0 Å². The van der Waals surface area contributed by atoms with Gasteiger partial charge in [-0.1, -0.05) is 0 Å². The summed E-state index contributed by atoms with van der Waals surface area (Å²) < 4.78 is 5.07. The van der Waals surface area contributed by atoms with Gasteiger partial charge in [0.2, 0.25) is 0 Å². The molecule has 0 unspecified atom stereocenters. The molecule has 0 aromatic carbocycles. The zero-order valence-corrected chi connectivity index (χ0v) is 8.30. The van der Waals surface area contributed by atoms with Crippen LogP contribution in [-0.4, -0.2) is 35.7 Å². The first-order valence-electron chi connectivity index (χ1n) is 3.08. The Labute approximate surface area is 64.9 Å². The summed E-state index contributed by atoms with van der Waals surface area (Å²) in [6.07, 6.45) is 3.93. The van der Waals surface area contributed by atoms with Crippen molar-refractivity contribution in [3.8, 4) is 0 Å². The van der Waals surface area contributed by atoms with E-state index in [1.807, 2.05) is 0 Å². The van der Waals surface area contributed by atoms with Crippen LogP contribution in [0.25, 0.3) is 0 Å². The monoisotopic (exact) mass is 221 g/mol. The van der Waals surface area contributed by atoms with Gasteiger partial charge in [-0.25, -0.2) is 0 Å². The summed E-state index contributed by atoms with van der Waals surface area (Å²) in [5.41, 5.74) is 0. The van der Waals surface area contributed by atoms with Crippen molar-refractivity contribution in [2.75, 3.05) is 13.2 Å². The zero-order chi connectivity index (χ0) is 6.24. The Bertz CT molecular complexity index is 24.0. The van der Waals surface area contributed by atoms with Crippen molar-refractivity contribution < 1.29 is 4.74 Å². The van der Waals surface area contributed by atoms with Gasteiger partial charge in [-0.2, -0.15) is 0 Å². The van der Waals surface area contributed by atoms with E-state index in [-0.39, 0.29) is 0 Å². The second kappa shape index (κ2) is 7.76. The molecule has 0 N–H and O–H groups in total. The van der Waals surface area contributed by atoms with Crippen LogP contribution in [0.4, 0.5) is 0 Å². The van der Waals surface area contributed by atoms with E-state index >= 15 is 0 Å². The van der Waals surface area contributed by atoms with Crippen LogP contribution in [0.15, 0.2) is 0 Å². The molecule has 1 saturated heterocycles. The van der Waals surface area contributed by atoms with Crippen LogP contribution in [0.3, 0.4) is 0 Å². The van der Waals surface area contributed by atoms with Crippen molar-refractivity contribution in [3.05, 3.63) is 0 Å². The number of hydrogen-bond acceptors (Lipinski definition) is 1. The molecule has 0 bridgehead atoms. The molecule has 0 saturated carbocycles. The van der Waals surface area contributed by atoms with E-state index in [1.54, 1.807) is 22.5 Å². The Morgan fingerprint density at radius 1 is 1.00 bits per heavy atom. The van der Waals surface area contributed by atoms with Gasteiger partial charge in [-0.15, -0.1) is 0 Å². The summed E-state index contributed by atoms with van der Waals surface area (Å²) in [6.45, 7) is 2.00. The molecule has 0 aliphatic carbocycles. The second-order valence-electron chi connectivity index (χ2n) is 1.67. The van der Waals surface area contributed by atoms with Crippen LogP contribution in [0.1, 0.15) is 19.3 Å². The fraction of sp³-hybridized carbons (Fsp3) is 1.00. The zero-order valence-electron chi connectivity index (χ0n) is 5.44. The van der Waals surface area contributed by atoms with Crippen LogP contribution in [-0.2, 0) is 4.74 Å². The maximum absolute atomic E-state index is 5.07. The van der Waals surface area contributed by atoms with Crippen molar-refractivity contribution in [2.45, 2.75) is 24.2 Å². The third kappa shape index (κ3) is 4.91. The number of ether oxygens (including phenoxy) is 1. The van der Waals surface area contributed by atoms with E-state index in [9.17, 15) is 0 Å². The standard InChI is InChI=1S/C5H10O.CH3.Sn/c1-2-4-6-5-3-1;;/h1-5H2;1H3;. The predicted molar refractivity (Wildman–Crippen MR) is 36.3 cm³/mol. The van der Waals surface area contributed by atoms with E-state index in [0.717, 1.165) is 13.2 Å². The van der Waals surface area contributed by atoms with Gasteiger partial charge in [-0.05, 0) is 19.3 Å². The van der Waals surface area contributed by atoms with Gasteiger partial charge in [0.15, 0.2) is 0 Å². The third-order valence-electron chi connectivity index (χ3n) is 1.08. The molecule has 1 aliphatic heterocycles. The topological polar surface area (TPSA) is 9.23 Å². The van der Waals surface area contributed by atoms with Gasteiger partial charge < -0.3 is 4.74 Å². The summed E-state index contributed by atoms with van der Waals surface area (Å²) in [7, 11) is 0. The Morgan fingerprint density at radius 2 is 1.50 bits per heavy atom. The van der Waals surface area contributed by atoms with Crippen molar-refractivity contribution >= 4 is 22.5 Å². The van der Waals surface area contributed by atoms with Gasteiger partial charge in [0, 0.05) is 13.2 Å². The van der Waals surface area contributed by atoms with E-state index in [4.69, 9.17) is 4.74 Å². The number of hydrogen-bond donors (Lipinski definition) is 0. The van der Waals surface area contributed by atoms with Crippen LogP contribution >= 0.6 is 0 Å². The Kier molecular flexibility index (Phi) is 8.49. The summed E-state index contributed by atoms with van der Waals surface area (Å²) in [4.78, 5) is 2.09. The number of rotatable bonds is 0. The van der Waals surface area contributed by atoms with Crippen LogP contribution in [0, 0.1) is 0 Å². The minimum absolute atomic E-state index is 1.00. The second-order valence-corrected chi connectivity index (χ2v) is 1.67. The molecule has 2 heteroatoms. The molecule has 3 radical (unpaired) electrons. The molecular formula is C6H13OSn. The fourth-order valence-electron chi connectivity index (χ4n) is 0.687. The normalized spacial score (nSPS) is 18.8. The van der Waals surface area contributed by atoms with Gasteiger partial charge in [0.25, 0.3) is 0 Å². The van der Waals surface area contributed by atoms with E-state index in [1.165, 1.54) is 19.3 Å². The van der Waals surface area contributed by atoms with Crippen molar-refractivity contribution in [3.63, 3.8) is 0 Å². The fourth-order valence-corrected chi connectivity index (χ4v) is 0.687. The van der Waals surface area contributed by atoms with E-state index in [0.29, 0.717) is 0 Å². The SMILES string of the molecule is C1CCOCC1.[CH3][Sn]. The first kappa shape index (κ1) is 8.76. The van der Waals surface area contributed by atoms with Gasteiger partial charge in [0.1, 0.15) is 0 Å².